The monoisotopic (exact) mass is 805 g/mol. The zero-order chi connectivity index (χ0) is 40.4. The van der Waals surface area contributed by atoms with E-state index in [0.29, 0.717) is 53.8 Å². The molecule has 0 aromatic heterocycles. The molecule has 4 atom stereocenters. The lowest BCUT2D eigenvalue weighted by Crippen LogP contribution is -2.47. The predicted molar refractivity (Wildman–Crippen MR) is 221 cm³/mol. The molecule has 4 aromatic rings. The number of nitrogens with zero attached hydrogens (tertiary/aromatic N) is 2. The maximum absolute atomic E-state index is 14.5. The number of amides is 2. The number of carbonyl (C=O) groups is 2. The van der Waals surface area contributed by atoms with Gasteiger partial charge in [-0.3, -0.25) is 19.2 Å². The zero-order valence-corrected chi connectivity index (χ0v) is 33.9. The van der Waals surface area contributed by atoms with E-state index in [2.05, 4.69) is 14.9 Å². The summed E-state index contributed by atoms with van der Waals surface area (Å²) in [4.78, 5) is 31.1. The average molecular weight is 806 g/mol. The first kappa shape index (κ1) is 42.5. The second-order valence-corrected chi connectivity index (χ2v) is 16.6. The highest BCUT2D eigenvalue weighted by atomic mass is 35.5. The molecule has 0 saturated carbocycles. The summed E-state index contributed by atoms with van der Waals surface area (Å²) in [6, 6.07) is 24.4. The molecule has 56 heavy (non-hydrogen) atoms. The van der Waals surface area contributed by atoms with Crippen LogP contribution in [0.5, 0.6) is 5.75 Å². The van der Waals surface area contributed by atoms with Crippen molar-refractivity contribution in [2.24, 2.45) is 5.92 Å². The summed E-state index contributed by atoms with van der Waals surface area (Å²) >= 11 is 5.97. The number of para-hydroxylation sites is 2. The lowest BCUT2D eigenvalue weighted by atomic mass is 10.0. The summed E-state index contributed by atoms with van der Waals surface area (Å²) in [5.74, 6) is -0.488. The van der Waals surface area contributed by atoms with Gasteiger partial charge in [-0.2, -0.15) is 0 Å². The van der Waals surface area contributed by atoms with Gasteiger partial charge in [-0.15, -0.1) is 0 Å². The van der Waals surface area contributed by atoms with Gasteiger partial charge in [-0.05, 0) is 112 Å². The summed E-state index contributed by atoms with van der Waals surface area (Å²) in [5.41, 5.74) is 8.92. The lowest BCUT2D eigenvalue weighted by Gasteiger charge is -2.36. The Morgan fingerprint density at radius 1 is 1.04 bits per heavy atom. The number of likely N-dealkylation sites (N-methyl/N-ethyl adjacent to an activating group) is 1. The number of nitrogens with two attached hydrogens (primary N) is 1. The van der Waals surface area contributed by atoms with Gasteiger partial charge in [0.05, 0.1) is 46.7 Å². The molecule has 0 unspecified atom stereocenters. The maximum atomic E-state index is 14.5. The molecule has 12 nitrogen and oxygen atoms in total. The molecule has 5 rings (SSSR count). The Morgan fingerprint density at radius 2 is 1.75 bits per heavy atom. The number of benzene rings is 4. The smallest absolute Gasteiger partial charge is 0.261 e. The van der Waals surface area contributed by atoms with E-state index in [1.54, 1.807) is 48.2 Å². The van der Waals surface area contributed by atoms with Gasteiger partial charge >= 0.3 is 0 Å². The molecular weight excluding hydrogens is 754 g/mol. The third kappa shape index (κ3) is 11.5. The molecule has 0 saturated heterocycles. The zero-order valence-electron chi connectivity index (χ0n) is 32.3. The maximum Gasteiger partial charge on any atom is 0.261 e. The molecule has 1 aliphatic rings. The number of nitrogens with one attached hydrogen (secondary N) is 2. The van der Waals surface area contributed by atoms with Crippen LogP contribution in [0.2, 0.25) is 5.02 Å². The van der Waals surface area contributed by atoms with Crippen molar-refractivity contribution in [3.63, 3.8) is 0 Å². The number of hydrogen-bond donors (Lipinski definition) is 4. The summed E-state index contributed by atoms with van der Waals surface area (Å²) in [6.07, 6.45) is 1.86. The van der Waals surface area contributed by atoms with Crippen LogP contribution >= 0.6 is 11.6 Å². The predicted octanol–water partition coefficient (Wildman–Crippen LogP) is 6.90. The second-order valence-electron chi connectivity index (χ2n) is 14.5. The van der Waals surface area contributed by atoms with Crippen LogP contribution < -0.4 is 20.5 Å². The lowest BCUT2D eigenvalue weighted by molar-refractivity contribution is -0.0177. The van der Waals surface area contributed by atoms with Gasteiger partial charge in [-0.1, -0.05) is 42.8 Å². The highest BCUT2D eigenvalue weighted by Crippen LogP contribution is 2.30. The van der Waals surface area contributed by atoms with Gasteiger partial charge < -0.3 is 30.5 Å². The van der Waals surface area contributed by atoms with E-state index >= 15 is 0 Å². The first-order valence-corrected chi connectivity index (χ1v) is 20.7. The van der Waals surface area contributed by atoms with Gasteiger partial charge in [0.2, 0.25) is 0 Å². The van der Waals surface area contributed by atoms with Crippen LogP contribution in [-0.4, -0.2) is 86.7 Å². The van der Waals surface area contributed by atoms with Crippen LogP contribution in [-0.2, 0) is 21.3 Å². The molecule has 0 fully saturated rings. The van der Waals surface area contributed by atoms with E-state index in [4.69, 9.17) is 26.8 Å². The highest BCUT2D eigenvalue weighted by Gasteiger charge is 2.31. The molecule has 1 heterocycles. The second kappa shape index (κ2) is 19.5. The topological polar surface area (TPSA) is 164 Å². The summed E-state index contributed by atoms with van der Waals surface area (Å²) < 4.78 is 41.9. The number of aliphatic hydroxyl groups excluding tert-OH is 1. The minimum Gasteiger partial charge on any atom is -0.490 e. The average Bonchev–Trinajstić information content (AvgIpc) is 3.17. The van der Waals surface area contributed by atoms with Gasteiger partial charge in [0, 0.05) is 48.4 Å². The quantitative estimate of drug-likeness (QED) is 0.118. The SMILES string of the molecule is C[C@@H]1CCCCO[C@H](CN(C)Cc2ccc(C(=O)Nc3ccccc3N)cc2)[C@@H](C)CN([C@H](C)CO)C(=O)c2cc(NS(=O)(=O)c3ccc(Cl)cc3)ccc2O1. The summed E-state index contributed by atoms with van der Waals surface area (Å²) in [5, 5.41) is 13.6. The van der Waals surface area contributed by atoms with E-state index in [1.807, 2.05) is 45.2 Å². The molecule has 300 valence electrons. The number of ether oxygens (including phenoxy) is 2. The largest absolute Gasteiger partial charge is 0.490 e. The number of fused-ring (bicyclic) bond motifs is 1. The van der Waals surface area contributed by atoms with E-state index in [-0.39, 0.29) is 53.3 Å². The third-order valence-corrected chi connectivity index (χ3v) is 11.4. The van der Waals surface area contributed by atoms with Gasteiger partial charge in [0.15, 0.2) is 0 Å². The van der Waals surface area contributed by atoms with E-state index in [0.717, 1.165) is 18.4 Å². The molecule has 0 radical (unpaired) electrons. The first-order chi connectivity index (χ1) is 26.7. The number of rotatable bonds is 11. The number of hydrogen-bond acceptors (Lipinski definition) is 9. The Morgan fingerprint density at radius 3 is 2.45 bits per heavy atom. The number of sulfonamides is 1. The molecule has 2 amide bonds. The van der Waals surface area contributed by atoms with Crippen molar-refractivity contribution >= 4 is 50.5 Å². The molecule has 1 aliphatic heterocycles. The number of nitrogen functional groups attached to an aromatic ring is 1. The Balaban J connectivity index is 1.33. The molecular formula is C42H52ClN5O7S. The van der Waals surface area contributed by atoms with E-state index in [9.17, 15) is 23.1 Å². The van der Waals surface area contributed by atoms with Crippen molar-refractivity contribution in [2.75, 3.05) is 49.1 Å². The number of anilines is 3. The van der Waals surface area contributed by atoms with Crippen molar-refractivity contribution in [3.8, 4) is 5.75 Å². The third-order valence-electron chi connectivity index (χ3n) is 9.80. The number of aliphatic hydroxyl groups is 1. The van der Waals surface area contributed by atoms with E-state index < -0.39 is 22.0 Å². The first-order valence-electron chi connectivity index (χ1n) is 18.8. The fourth-order valence-electron chi connectivity index (χ4n) is 6.53. The normalized spacial score (nSPS) is 19.0. The Labute approximate surface area is 335 Å². The molecule has 14 heteroatoms. The number of halogens is 1. The molecule has 0 spiro atoms. The summed E-state index contributed by atoms with van der Waals surface area (Å²) in [6.45, 7) is 7.37. The van der Waals surface area contributed by atoms with Crippen LogP contribution in [0.1, 0.15) is 66.3 Å². The minimum absolute atomic E-state index is 0.0211. The van der Waals surface area contributed by atoms with Gasteiger partial charge in [-0.25, -0.2) is 8.42 Å². The van der Waals surface area contributed by atoms with Gasteiger partial charge in [0.1, 0.15) is 5.75 Å². The molecule has 4 aromatic carbocycles. The van der Waals surface area contributed by atoms with Crippen LogP contribution in [0.3, 0.4) is 0 Å². The molecule has 5 N–H and O–H groups in total. The van der Waals surface area contributed by atoms with Crippen molar-refractivity contribution in [1.29, 1.82) is 0 Å². The molecule has 0 aliphatic carbocycles. The Bertz CT molecular complexity index is 2050. The van der Waals surface area contributed by atoms with Crippen LogP contribution in [0.15, 0.2) is 95.9 Å². The molecule has 0 bridgehead atoms. The van der Waals surface area contributed by atoms with Crippen molar-refractivity contribution in [3.05, 3.63) is 113 Å². The minimum atomic E-state index is -4.00. The standard InChI is InChI=1S/C42H52ClN5O7S/c1-28-24-48(29(2)27-49)42(51)36-23-34(46-56(52,53)35-19-16-33(43)17-20-35)18-21-39(36)55-30(3)9-7-8-22-54-40(28)26-47(4)25-31-12-14-32(15-13-31)41(50)45-38-11-6-5-10-37(38)44/h5-6,10-21,23,28-30,40,46,49H,7-9,22,24-27,44H2,1-4H3,(H,45,50)/t28-,29+,30+,40+/m0/s1. The number of carbonyl (C=O) groups excluding carboxylic acids is 2. The van der Waals surface area contributed by atoms with E-state index in [1.165, 1.54) is 30.3 Å². The van der Waals surface area contributed by atoms with Crippen molar-refractivity contribution in [2.45, 2.75) is 69.7 Å². The van der Waals surface area contributed by atoms with Crippen molar-refractivity contribution in [1.82, 2.24) is 9.80 Å². The van der Waals surface area contributed by atoms with Crippen LogP contribution in [0, 0.1) is 5.92 Å². The van der Waals surface area contributed by atoms with Crippen LogP contribution in [0.4, 0.5) is 17.1 Å². The fraction of sp³-hybridized carbons (Fsp3) is 0.381. The van der Waals surface area contributed by atoms with Crippen molar-refractivity contribution < 1.29 is 32.6 Å². The fourth-order valence-corrected chi connectivity index (χ4v) is 7.70. The highest BCUT2D eigenvalue weighted by molar-refractivity contribution is 7.92. The Hall–Kier alpha value is -4.66. The van der Waals surface area contributed by atoms with Gasteiger partial charge in [0.25, 0.3) is 21.8 Å². The summed E-state index contributed by atoms with van der Waals surface area (Å²) in [7, 11) is -1.99. The van der Waals surface area contributed by atoms with Crippen LogP contribution in [0.25, 0.3) is 0 Å². The Kier molecular flexibility index (Phi) is 14.8.